The number of hydrogen-bond acceptors (Lipinski definition) is 3. The maximum atomic E-state index is 13.4. The van der Waals surface area contributed by atoms with Crippen molar-refractivity contribution >= 4 is 23.2 Å². The third-order valence-corrected chi connectivity index (χ3v) is 6.11. The molecule has 0 aliphatic carbocycles. The molecule has 0 fully saturated rings. The Labute approximate surface area is 202 Å². The Balaban J connectivity index is 2.07. The predicted molar refractivity (Wildman–Crippen MR) is 138 cm³/mol. The van der Waals surface area contributed by atoms with E-state index in [1.807, 2.05) is 49.4 Å². The van der Waals surface area contributed by atoms with E-state index >= 15 is 0 Å². The number of thiocarbonyl (C=S) groups is 1. The van der Waals surface area contributed by atoms with Crippen molar-refractivity contribution in [3.63, 3.8) is 0 Å². The van der Waals surface area contributed by atoms with Crippen molar-refractivity contribution in [1.29, 1.82) is 0 Å². The van der Waals surface area contributed by atoms with Gasteiger partial charge in [-0.1, -0.05) is 71.9 Å². The molecule has 0 saturated heterocycles. The summed E-state index contributed by atoms with van der Waals surface area (Å²) >= 11 is 5.44. The van der Waals surface area contributed by atoms with Gasteiger partial charge in [0.1, 0.15) is 5.75 Å². The van der Waals surface area contributed by atoms with Crippen molar-refractivity contribution in [1.82, 2.24) is 16.0 Å². The van der Waals surface area contributed by atoms with Gasteiger partial charge in [0, 0.05) is 12.2 Å². The van der Waals surface area contributed by atoms with Crippen LogP contribution < -0.4 is 16.0 Å². The molecule has 0 spiro atoms. The summed E-state index contributed by atoms with van der Waals surface area (Å²) in [5, 5.41) is 21.0. The zero-order chi connectivity index (χ0) is 24.6. The molecule has 176 valence electrons. The van der Waals surface area contributed by atoms with Crippen LogP contribution in [-0.2, 0) is 22.2 Å². The zero-order valence-corrected chi connectivity index (χ0v) is 21.4. The third-order valence-electron chi connectivity index (χ3n) is 5.89. The molecule has 0 radical (unpaired) electrons. The lowest BCUT2D eigenvalue weighted by Gasteiger charge is -2.33. The minimum Gasteiger partial charge on any atom is -0.507 e. The van der Waals surface area contributed by atoms with Gasteiger partial charge in [-0.3, -0.25) is 4.79 Å². The minimum absolute atomic E-state index is 0.161. The summed E-state index contributed by atoms with van der Waals surface area (Å²) in [6.45, 7) is 14.8. The lowest BCUT2D eigenvalue weighted by atomic mass is 9.77. The Morgan fingerprint density at radius 3 is 2.09 bits per heavy atom. The first-order chi connectivity index (χ1) is 15.3. The highest BCUT2D eigenvalue weighted by molar-refractivity contribution is 7.80. The smallest absolute Gasteiger partial charge is 0.251 e. The van der Waals surface area contributed by atoms with E-state index in [1.54, 1.807) is 0 Å². The lowest BCUT2D eigenvalue weighted by Crippen LogP contribution is -2.46. The second-order valence-corrected chi connectivity index (χ2v) is 11.1. The Kier molecular flexibility index (Phi) is 6.89. The van der Waals surface area contributed by atoms with Gasteiger partial charge in [-0.25, -0.2) is 0 Å². The maximum Gasteiger partial charge on any atom is 0.251 e. The van der Waals surface area contributed by atoms with Crippen LogP contribution in [-0.4, -0.2) is 16.1 Å². The van der Waals surface area contributed by atoms with Crippen molar-refractivity contribution in [2.75, 3.05) is 0 Å². The number of carbonyl (C=O) groups is 1. The van der Waals surface area contributed by atoms with Crippen LogP contribution in [0, 0.1) is 0 Å². The lowest BCUT2D eigenvalue weighted by molar-refractivity contribution is -0.118. The summed E-state index contributed by atoms with van der Waals surface area (Å²) in [5.41, 5.74) is 4.38. The fraction of sp³-hybridized carbons (Fsp3) is 0.407. The number of phenolic OH excluding ortho intramolecular Hbond substituents is 1. The maximum absolute atomic E-state index is 13.4. The summed E-state index contributed by atoms with van der Waals surface area (Å²) in [6.07, 6.45) is 0. The van der Waals surface area contributed by atoms with Crippen LogP contribution in [0.5, 0.6) is 5.75 Å². The molecular formula is C27H35N3O2S. The van der Waals surface area contributed by atoms with E-state index in [9.17, 15) is 9.90 Å². The van der Waals surface area contributed by atoms with Gasteiger partial charge < -0.3 is 21.1 Å². The predicted octanol–water partition coefficient (Wildman–Crippen LogP) is 5.10. The van der Waals surface area contributed by atoms with Crippen LogP contribution in [0.25, 0.3) is 0 Å². The van der Waals surface area contributed by atoms with Crippen LogP contribution in [0.15, 0.2) is 53.7 Å². The number of phenols is 1. The Bertz CT molecular complexity index is 1060. The number of benzene rings is 2. The van der Waals surface area contributed by atoms with Gasteiger partial charge in [0.15, 0.2) is 5.11 Å². The van der Waals surface area contributed by atoms with Gasteiger partial charge in [0.25, 0.3) is 5.91 Å². The fourth-order valence-corrected chi connectivity index (χ4v) is 4.36. The monoisotopic (exact) mass is 465 g/mol. The van der Waals surface area contributed by atoms with E-state index in [0.717, 1.165) is 28.0 Å². The molecule has 0 aromatic heterocycles. The van der Waals surface area contributed by atoms with Crippen LogP contribution >= 0.6 is 12.2 Å². The first-order valence-corrected chi connectivity index (χ1v) is 11.7. The Morgan fingerprint density at radius 1 is 1.03 bits per heavy atom. The van der Waals surface area contributed by atoms with Crippen molar-refractivity contribution in [3.05, 3.63) is 76.0 Å². The van der Waals surface area contributed by atoms with E-state index in [2.05, 4.69) is 57.5 Å². The van der Waals surface area contributed by atoms with E-state index in [1.165, 1.54) is 0 Å². The molecule has 2 aromatic rings. The van der Waals surface area contributed by atoms with Crippen LogP contribution in [0.3, 0.4) is 0 Å². The molecule has 1 aliphatic heterocycles. The zero-order valence-electron chi connectivity index (χ0n) is 20.6. The Morgan fingerprint density at radius 2 is 1.58 bits per heavy atom. The van der Waals surface area contributed by atoms with Crippen molar-refractivity contribution in [2.45, 2.75) is 71.9 Å². The van der Waals surface area contributed by atoms with Crippen LogP contribution in [0.1, 0.15) is 76.8 Å². The van der Waals surface area contributed by atoms with E-state index in [0.29, 0.717) is 23.0 Å². The minimum atomic E-state index is -0.433. The average molecular weight is 466 g/mol. The second-order valence-electron chi connectivity index (χ2n) is 10.7. The van der Waals surface area contributed by atoms with E-state index in [-0.39, 0.29) is 16.7 Å². The van der Waals surface area contributed by atoms with Crippen LogP contribution in [0.4, 0.5) is 0 Å². The van der Waals surface area contributed by atoms with Crippen molar-refractivity contribution in [3.8, 4) is 5.75 Å². The summed E-state index contributed by atoms with van der Waals surface area (Å²) in [4.78, 5) is 13.4. The normalized spacial score (nSPS) is 16.8. The summed E-state index contributed by atoms with van der Waals surface area (Å²) in [6, 6.07) is 13.4. The molecule has 33 heavy (non-hydrogen) atoms. The number of hydrogen-bond donors (Lipinski definition) is 4. The standard InChI is InChI=1S/C27H35N3O2S/c1-16-21(24(32)28-15-17-11-9-8-10-12-17)22(30-25(33)29-16)18-13-19(26(2,3)4)23(31)20(14-18)27(5,6)7/h8-14,22,31H,15H2,1-7H3,(H,28,32)(H2,29,30,33)/t22-/m1/s1. The van der Waals surface area contributed by atoms with Gasteiger partial charge in [-0.15, -0.1) is 0 Å². The molecule has 1 aliphatic rings. The summed E-state index contributed by atoms with van der Waals surface area (Å²) in [5.74, 6) is 0.151. The van der Waals surface area contributed by atoms with E-state index < -0.39 is 6.04 Å². The molecular weight excluding hydrogens is 430 g/mol. The highest BCUT2D eigenvalue weighted by Gasteiger charge is 2.33. The van der Waals surface area contributed by atoms with Gasteiger partial charge in [-0.2, -0.15) is 0 Å². The fourth-order valence-electron chi connectivity index (χ4n) is 4.09. The van der Waals surface area contributed by atoms with Crippen molar-refractivity contribution < 1.29 is 9.90 Å². The number of amides is 1. The first kappa shape index (κ1) is 24.8. The first-order valence-electron chi connectivity index (χ1n) is 11.3. The average Bonchev–Trinajstić information content (AvgIpc) is 2.70. The molecule has 0 bridgehead atoms. The number of carbonyl (C=O) groups excluding carboxylic acids is 1. The molecule has 1 atom stereocenters. The van der Waals surface area contributed by atoms with Gasteiger partial charge in [0.2, 0.25) is 0 Å². The quantitative estimate of drug-likeness (QED) is 0.473. The number of allylic oxidation sites excluding steroid dienone is 1. The number of nitrogens with one attached hydrogen (secondary N) is 3. The molecule has 2 aromatic carbocycles. The molecule has 0 unspecified atom stereocenters. The van der Waals surface area contributed by atoms with E-state index in [4.69, 9.17) is 12.2 Å². The molecule has 5 nitrogen and oxygen atoms in total. The second kappa shape index (κ2) is 9.18. The molecule has 1 heterocycles. The van der Waals surface area contributed by atoms with Gasteiger partial charge in [0.05, 0.1) is 11.6 Å². The summed E-state index contributed by atoms with van der Waals surface area (Å²) < 4.78 is 0. The highest BCUT2D eigenvalue weighted by atomic mass is 32.1. The van der Waals surface area contributed by atoms with Gasteiger partial charge >= 0.3 is 0 Å². The highest BCUT2D eigenvalue weighted by Crippen LogP contribution is 2.42. The largest absolute Gasteiger partial charge is 0.507 e. The molecule has 4 N–H and O–H groups in total. The summed E-state index contributed by atoms with van der Waals surface area (Å²) in [7, 11) is 0. The SMILES string of the molecule is CC1=C(C(=O)NCc2ccccc2)[C@@H](c2cc(C(C)(C)C)c(O)c(C(C)(C)C)c2)NC(=S)N1. The molecule has 1 amide bonds. The third kappa shape index (κ3) is 5.56. The topological polar surface area (TPSA) is 73.4 Å². The Hall–Kier alpha value is -2.86. The van der Waals surface area contributed by atoms with Crippen LogP contribution in [0.2, 0.25) is 0 Å². The molecule has 3 rings (SSSR count). The molecule has 6 heteroatoms. The van der Waals surface area contributed by atoms with Gasteiger partial charge in [-0.05, 0) is 64.4 Å². The molecule has 0 saturated carbocycles. The number of rotatable bonds is 4. The van der Waals surface area contributed by atoms with Crippen molar-refractivity contribution in [2.24, 2.45) is 0 Å². The number of aromatic hydroxyl groups is 1.